The van der Waals surface area contributed by atoms with E-state index < -0.39 is 0 Å². The highest BCUT2D eigenvalue weighted by atomic mass is 79.9. The van der Waals surface area contributed by atoms with Crippen molar-refractivity contribution in [3.63, 3.8) is 0 Å². The van der Waals surface area contributed by atoms with Gasteiger partial charge >= 0.3 is 0 Å². The van der Waals surface area contributed by atoms with E-state index in [0.717, 1.165) is 15.6 Å². The summed E-state index contributed by atoms with van der Waals surface area (Å²) in [6, 6.07) is 7.90. The third-order valence-corrected chi connectivity index (χ3v) is 2.63. The third kappa shape index (κ3) is 2.09. The lowest BCUT2D eigenvalue weighted by atomic mass is 10.2. The van der Waals surface area contributed by atoms with Crippen molar-refractivity contribution in [1.82, 2.24) is 15.0 Å². The minimum absolute atomic E-state index is 0.474. The monoisotopic (exact) mass is 265 g/mol. The number of allylic oxidation sites excluding steroid dienone is 1. The van der Waals surface area contributed by atoms with Crippen molar-refractivity contribution < 1.29 is 0 Å². The zero-order chi connectivity index (χ0) is 10.8. The largest absolute Gasteiger partial charge is 0.206 e. The molecule has 0 fully saturated rings. The second kappa shape index (κ2) is 4.14. The smallest absolute Gasteiger partial charge is 0.113 e. The number of nitrogens with zero attached hydrogens (tertiary/aromatic N) is 3. The summed E-state index contributed by atoms with van der Waals surface area (Å²) in [6.45, 7) is 4.25. The molecule has 0 radical (unpaired) electrons. The number of halogens is 1. The molecular formula is C11H12BrN3. The number of benzene rings is 1. The number of para-hydroxylation sites is 1. The zero-order valence-corrected chi connectivity index (χ0v) is 10.3. The van der Waals surface area contributed by atoms with Gasteiger partial charge in [-0.25, -0.2) is 4.68 Å². The van der Waals surface area contributed by atoms with Gasteiger partial charge in [0.05, 0.1) is 5.52 Å². The van der Waals surface area contributed by atoms with Crippen LogP contribution in [0, 0.1) is 5.92 Å². The third-order valence-electron chi connectivity index (χ3n) is 2.03. The quantitative estimate of drug-likeness (QED) is 0.835. The van der Waals surface area contributed by atoms with E-state index in [4.69, 9.17) is 0 Å². The van der Waals surface area contributed by atoms with Gasteiger partial charge in [-0.3, -0.25) is 0 Å². The van der Waals surface area contributed by atoms with Crippen molar-refractivity contribution in [2.75, 3.05) is 0 Å². The van der Waals surface area contributed by atoms with Crippen LogP contribution in [-0.4, -0.2) is 15.0 Å². The minimum atomic E-state index is 0.474. The topological polar surface area (TPSA) is 30.7 Å². The Morgan fingerprint density at radius 3 is 2.87 bits per heavy atom. The molecule has 0 atom stereocenters. The number of aromatic nitrogens is 3. The maximum absolute atomic E-state index is 4.10. The lowest BCUT2D eigenvalue weighted by Gasteiger charge is -2.01. The Hall–Kier alpha value is -1.16. The summed E-state index contributed by atoms with van der Waals surface area (Å²) in [4.78, 5) is 0. The summed E-state index contributed by atoms with van der Waals surface area (Å²) < 4.78 is 2.74. The highest BCUT2D eigenvalue weighted by Crippen LogP contribution is 2.20. The molecule has 2 aromatic rings. The predicted octanol–water partition coefficient (Wildman–Crippen LogP) is 3.28. The fourth-order valence-electron chi connectivity index (χ4n) is 1.37. The Morgan fingerprint density at radius 2 is 2.13 bits per heavy atom. The first-order valence-electron chi connectivity index (χ1n) is 4.86. The average Bonchev–Trinajstić information content (AvgIpc) is 2.59. The summed E-state index contributed by atoms with van der Waals surface area (Å²) in [6.07, 6.45) is 2.10. The van der Waals surface area contributed by atoms with Gasteiger partial charge in [0.1, 0.15) is 10.1 Å². The van der Waals surface area contributed by atoms with Crippen molar-refractivity contribution in [2.24, 2.45) is 5.92 Å². The molecule has 0 N–H and O–H groups in total. The van der Waals surface area contributed by atoms with Crippen molar-refractivity contribution in [2.45, 2.75) is 13.8 Å². The van der Waals surface area contributed by atoms with Crippen LogP contribution in [0.3, 0.4) is 0 Å². The molecule has 1 aromatic carbocycles. The molecule has 0 aliphatic rings. The maximum atomic E-state index is 4.10. The fraction of sp³-hybridized carbons (Fsp3) is 0.273. The van der Waals surface area contributed by atoms with Gasteiger partial charge in [0, 0.05) is 0 Å². The first-order chi connectivity index (χ1) is 7.18. The van der Waals surface area contributed by atoms with Crippen LogP contribution in [0.25, 0.3) is 15.6 Å². The van der Waals surface area contributed by atoms with Crippen molar-refractivity contribution >= 4 is 31.6 Å². The van der Waals surface area contributed by atoms with E-state index in [-0.39, 0.29) is 0 Å². The summed E-state index contributed by atoms with van der Waals surface area (Å²) in [5.41, 5.74) is 1.92. The fourth-order valence-corrected chi connectivity index (χ4v) is 2.16. The Balaban J connectivity index is 2.53. The van der Waals surface area contributed by atoms with Crippen LogP contribution in [0.4, 0.5) is 0 Å². The second-order valence-electron chi connectivity index (χ2n) is 3.72. The van der Waals surface area contributed by atoms with Gasteiger partial charge in [0.2, 0.25) is 0 Å². The van der Waals surface area contributed by atoms with Crippen LogP contribution in [0.1, 0.15) is 13.8 Å². The van der Waals surface area contributed by atoms with Gasteiger partial charge in [0.25, 0.3) is 0 Å². The molecule has 78 valence electrons. The number of hydrogen-bond acceptors (Lipinski definition) is 2. The van der Waals surface area contributed by atoms with E-state index in [1.54, 1.807) is 4.68 Å². The van der Waals surface area contributed by atoms with Crippen molar-refractivity contribution in [3.05, 3.63) is 30.3 Å². The number of hydrogen-bond donors (Lipinski definition) is 0. The van der Waals surface area contributed by atoms with Crippen molar-refractivity contribution in [1.29, 1.82) is 0 Å². The number of fused-ring (bicyclic) bond motifs is 1. The minimum Gasteiger partial charge on any atom is -0.206 e. The van der Waals surface area contributed by atoms with E-state index >= 15 is 0 Å². The van der Waals surface area contributed by atoms with Crippen LogP contribution < -0.4 is 0 Å². The Kier molecular flexibility index (Phi) is 2.86. The molecule has 0 bridgehead atoms. The zero-order valence-electron chi connectivity index (χ0n) is 8.68. The van der Waals surface area contributed by atoms with Crippen LogP contribution in [0.5, 0.6) is 0 Å². The molecule has 0 aliphatic carbocycles. The molecule has 0 unspecified atom stereocenters. The Morgan fingerprint density at radius 1 is 1.40 bits per heavy atom. The standard InChI is InChI=1S/C11H12BrN3/c1-8(2)7-11(12)15-10-6-4-3-5-9(10)13-14-15/h3-8H,1-2H3/b11-7+. The first kappa shape index (κ1) is 10.4. The summed E-state index contributed by atoms with van der Waals surface area (Å²) in [5.74, 6) is 0.474. The van der Waals surface area contributed by atoms with Gasteiger partial charge in [-0.15, -0.1) is 5.10 Å². The van der Waals surface area contributed by atoms with Gasteiger partial charge in [-0.1, -0.05) is 31.2 Å². The molecule has 0 spiro atoms. The molecule has 0 aliphatic heterocycles. The Bertz CT molecular complexity index is 499. The van der Waals surface area contributed by atoms with E-state index in [1.165, 1.54) is 0 Å². The molecule has 1 heterocycles. The second-order valence-corrected chi connectivity index (χ2v) is 4.54. The molecule has 0 saturated heterocycles. The van der Waals surface area contributed by atoms with Crippen LogP contribution in [-0.2, 0) is 0 Å². The van der Waals surface area contributed by atoms with Gasteiger partial charge < -0.3 is 0 Å². The molecule has 0 saturated carbocycles. The lowest BCUT2D eigenvalue weighted by molar-refractivity contribution is 0.809. The number of rotatable bonds is 2. The van der Waals surface area contributed by atoms with Gasteiger partial charge in [-0.2, -0.15) is 0 Å². The van der Waals surface area contributed by atoms with E-state index in [0.29, 0.717) is 5.92 Å². The maximum Gasteiger partial charge on any atom is 0.113 e. The lowest BCUT2D eigenvalue weighted by Crippen LogP contribution is -1.95. The molecule has 0 amide bonds. The molecule has 2 rings (SSSR count). The molecular weight excluding hydrogens is 254 g/mol. The summed E-state index contributed by atoms with van der Waals surface area (Å²) in [7, 11) is 0. The molecule has 4 heteroatoms. The normalized spacial score (nSPS) is 12.7. The molecule has 3 nitrogen and oxygen atoms in total. The van der Waals surface area contributed by atoms with Crippen LogP contribution in [0.2, 0.25) is 0 Å². The average molecular weight is 266 g/mol. The van der Waals surface area contributed by atoms with Crippen LogP contribution >= 0.6 is 15.9 Å². The highest BCUT2D eigenvalue weighted by Gasteiger charge is 2.05. The van der Waals surface area contributed by atoms with E-state index in [9.17, 15) is 0 Å². The Labute approximate surface area is 96.9 Å². The SMILES string of the molecule is CC(C)/C=C(\Br)n1nnc2ccccc21. The predicted molar refractivity (Wildman–Crippen MR) is 65.6 cm³/mol. The highest BCUT2D eigenvalue weighted by molar-refractivity contribution is 9.14. The van der Waals surface area contributed by atoms with E-state index in [2.05, 4.69) is 46.2 Å². The van der Waals surface area contributed by atoms with E-state index in [1.807, 2.05) is 24.3 Å². The van der Waals surface area contributed by atoms with Crippen molar-refractivity contribution in [3.8, 4) is 0 Å². The van der Waals surface area contributed by atoms with Gasteiger partial charge in [-0.05, 0) is 40.1 Å². The molecule has 1 aromatic heterocycles. The van der Waals surface area contributed by atoms with Crippen LogP contribution in [0.15, 0.2) is 30.3 Å². The molecule has 15 heavy (non-hydrogen) atoms. The van der Waals surface area contributed by atoms with Gasteiger partial charge in [0.15, 0.2) is 0 Å². The first-order valence-corrected chi connectivity index (χ1v) is 5.66. The summed E-state index contributed by atoms with van der Waals surface area (Å²) >= 11 is 3.51. The summed E-state index contributed by atoms with van der Waals surface area (Å²) in [5, 5.41) is 8.19.